The monoisotopic (exact) mass is 280 g/mol. The first-order valence-corrected chi connectivity index (χ1v) is 6.83. The third-order valence-corrected chi connectivity index (χ3v) is 3.74. The minimum atomic E-state index is -0.283. The van der Waals surface area contributed by atoms with Gasteiger partial charge in [0.25, 0.3) is 0 Å². The van der Waals surface area contributed by atoms with Gasteiger partial charge in [0.05, 0.1) is 7.11 Å². The van der Waals surface area contributed by atoms with Gasteiger partial charge in [-0.1, -0.05) is 24.3 Å². The molecule has 0 saturated heterocycles. The molecule has 0 atom stereocenters. The van der Waals surface area contributed by atoms with Crippen molar-refractivity contribution < 1.29 is 14.3 Å². The van der Waals surface area contributed by atoms with E-state index in [0.29, 0.717) is 17.7 Å². The van der Waals surface area contributed by atoms with Crippen LogP contribution in [0, 0.1) is 0 Å². The molecule has 106 valence electrons. The maximum Gasteiger partial charge on any atom is 0.340 e. The van der Waals surface area contributed by atoms with Crippen LogP contribution in [-0.4, -0.2) is 13.1 Å². The first kappa shape index (κ1) is 13.4. The first-order valence-electron chi connectivity index (χ1n) is 6.83. The minimum absolute atomic E-state index is 0.283. The lowest BCUT2D eigenvalue weighted by atomic mass is 10.1. The number of ether oxygens (including phenoxy) is 2. The Morgan fingerprint density at radius 2 is 1.81 bits per heavy atom. The molecule has 0 N–H and O–H groups in total. The fourth-order valence-electron chi connectivity index (χ4n) is 2.58. The summed E-state index contributed by atoms with van der Waals surface area (Å²) >= 11 is 0. The van der Waals surface area contributed by atoms with Gasteiger partial charge in [-0.25, -0.2) is 4.79 Å². The molecule has 1 aliphatic rings. The molecule has 0 spiro atoms. The Labute approximate surface area is 123 Å². The molecule has 0 heterocycles. The molecule has 21 heavy (non-hydrogen) atoms. The SMILES string of the molecule is COc1ccc2c(c1)CC(C(=O)Oc1ccccc1)=C2C. The smallest absolute Gasteiger partial charge is 0.340 e. The average molecular weight is 280 g/mol. The molecule has 0 aromatic heterocycles. The second kappa shape index (κ2) is 5.44. The Bertz CT molecular complexity index is 714. The lowest BCUT2D eigenvalue weighted by Crippen LogP contribution is -2.11. The normalized spacial score (nSPS) is 13.0. The van der Waals surface area contributed by atoms with Crippen LogP contribution < -0.4 is 9.47 Å². The van der Waals surface area contributed by atoms with E-state index in [1.807, 2.05) is 43.3 Å². The molecule has 0 saturated carbocycles. The van der Waals surface area contributed by atoms with Crippen LogP contribution in [-0.2, 0) is 11.2 Å². The molecule has 1 aliphatic carbocycles. The van der Waals surface area contributed by atoms with Gasteiger partial charge in [0.15, 0.2) is 0 Å². The molecule has 0 amide bonds. The average Bonchev–Trinajstić information content (AvgIpc) is 2.85. The van der Waals surface area contributed by atoms with E-state index < -0.39 is 0 Å². The van der Waals surface area contributed by atoms with E-state index in [-0.39, 0.29) is 5.97 Å². The van der Waals surface area contributed by atoms with Crippen LogP contribution in [0.1, 0.15) is 18.1 Å². The van der Waals surface area contributed by atoms with Crippen molar-refractivity contribution in [3.8, 4) is 11.5 Å². The molecular formula is C18H16O3. The van der Waals surface area contributed by atoms with Gasteiger partial charge in [-0.2, -0.15) is 0 Å². The molecule has 0 radical (unpaired) electrons. The zero-order valence-corrected chi connectivity index (χ0v) is 12.1. The van der Waals surface area contributed by atoms with Crippen molar-refractivity contribution in [1.29, 1.82) is 0 Å². The van der Waals surface area contributed by atoms with Crippen LogP contribution in [0.15, 0.2) is 54.1 Å². The Kier molecular flexibility index (Phi) is 3.48. The summed E-state index contributed by atoms with van der Waals surface area (Å²) in [5, 5.41) is 0. The second-order valence-corrected chi connectivity index (χ2v) is 5.01. The zero-order chi connectivity index (χ0) is 14.8. The Morgan fingerprint density at radius 3 is 2.52 bits per heavy atom. The van der Waals surface area contributed by atoms with Gasteiger partial charge in [-0.3, -0.25) is 0 Å². The van der Waals surface area contributed by atoms with Gasteiger partial charge >= 0.3 is 5.97 Å². The predicted octanol–water partition coefficient (Wildman–Crippen LogP) is 3.63. The Morgan fingerprint density at radius 1 is 1.05 bits per heavy atom. The number of carbonyl (C=O) groups excluding carboxylic acids is 1. The summed E-state index contributed by atoms with van der Waals surface area (Å²) in [5.41, 5.74) is 3.89. The van der Waals surface area contributed by atoms with Crippen molar-refractivity contribution in [2.45, 2.75) is 13.3 Å². The summed E-state index contributed by atoms with van der Waals surface area (Å²) in [6, 6.07) is 15.0. The van der Waals surface area contributed by atoms with Gasteiger partial charge in [0, 0.05) is 12.0 Å². The van der Waals surface area contributed by atoms with Crippen LogP contribution in [0.25, 0.3) is 5.57 Å². The Hall–Kier alpha value is -2.55. The summed E-state index contributed by atoms with van der Waals surface area (Å²) < 4.78 is 10.7. The van der Waals surface area contributed by atoms with E-state index >= 15 is 0 Å². The maximum atomic E-state index is 12.3. The number of para-hydroxylation sites is 1. The summed E-state index contributed by atoms with van der Waals surface area (Å²) in [5.74, 6) is 1.09. The number of carbonyl (C=O) groups is 1. The third kappa shape index (κ3) is 2.55. The number of methoxy groups -OCH3 is 1. The maximum absolute atomic E-state index is 12.3. The highest BCUT2D eigenvalue weighted by Gasteiger charge is 2.25. The van der Waals surface area contributed by atoms with Gasteiger partial charge in [0.1, 0.15) is 11.5 Å². The Balaban J connectivity index is 1.84. The number of esters is 1. The predicted molar refractivity (Wildman–Crippen MR) is 81.4 cm³/mol. The lowest BCUT2D eigenvalue weighted by molar-refractivity contribution is -0.130. The highest BCUT2D eigenvalue weighted by atomic mass is 16.5. The summed E-state index contributed by atoms with van der Waals surface area (Å²) in [6.07, 6.45) is 0.587. The largest absolute Gasteiger partial charge is 0.497 e. The third-order valence-electron chi connectivity index (χ3n) is 3.74. The van der Waals surface area contributed by atoms with Crippen LogP contribution >= 0.6 is 0 Å². The fraction of sp³-hybridized carbons (Fsp3) is 0.167. The van der Waals surface area contributed by atoms with Crippen LogP contribution in [0.5, 0.6) is 11.5 Å². The quantitative estimate of drug-likeness (QED) is 0.636. The van der Waals surface area contributed by atoms with E-state index in [0.717, 1.165) is 22.4 Å². The van der Waals surface area contributed by atoms with Crippen molar-refractivity contribution in [3.63, 3.8) is 0 Å². The number of hydrogen-bond donors (Lipinski definition) is 0. The summed E-state index contributed by atoms with van der Waals surface area (Å²) in [7, 11) is 1.64. The van der Waals surface area contributed by atoms with E-state index in [2.05, 4.69) is 0 Å². The lowest BCUT2D eigenvalue weighted by Gasteiger charge is -2.05. The topological polar surface area (TPSA) is 35.5 Å². The van der Waals surface area contributed by atoms with E-state index in [1.54, 1.807) is 19.2 Å². The van der Waals surface area contributed by atoms with Crippen LogP contribution in [0.2, 0.25) is 0 Å². The van der Waals surface area contributed by atoms with Crippen molar-refractivity contribution in [2.24, 2.45) is 0 Å². The second-order valence-electron chi connectivity index (χ2n) is 5.01. The van der Waals surface area contributed by atoms with Gasteiger partial charge < -0.3 is 9.47 Å². The van der Waals surface area contributed by atoms with Gasteiger partial charge in [-0.05, 0) is 47.9 Å². The van der Waals surface area contributed by atoms with E-state index in [4.69, 9.17) is 9.47 Å². The summed E-state index contributed by atoms with van der Waals surface area (Å²) in [4.78, 5) is 12.3. The van der Waals surface area contributed by atoms with Crippen LogP contribution in [0.4, 0.5) is 0 Å². The highest BCUT2D eigenvalue weighted by molar-refractivity contribution is 6.01. The molecule has 0 bridgehead atoms. The number of fused-ring (bicyclic) bond motifs is 1. The molecule has 3 rings (SSSR count). The molecule has 2 aromatic rings. The van der Waals surface area contributed by atoms with E-state index in [9.17, 15) is 4.79 Å². The van der Waals surface area contributed by atoms with Crippen molar-refractivity contribution in [1.82, 2.24) is 0 Å². The van der Waals surface area contributed by atoms with E-state index in [1.165, 1.54) is 0 Å². The summed E-state index contributed by atoms with van der Waals surface area (Å²) in [6.45, 7) is 1.96. The van der Waals surface area contributed by atoms with Crippen molar-refractivity contribution >= 4 is 11.5 Å². The number of hydrogen-bond acceptors (Lipinski definition) is 3. The molecule has 0 unspecified atom stereocenters. The number of rotatable bonds is 3. The molecular weight excluding hydrogens is 264 g/mol. The molecule has 3 nitrogen and oxygen atoms in total. The van der Waals surface area contributed by atoms with Gasteiger partial charge in [0.2, 0.25) is 0 Å². The highest BCUT2D eigenvalue weighted by Crippen LogP contribution is 2.35. The first-order chi connectivity index (χ1) is 10.2. The van der Waals surface area contributed by atoms with Crippen molar-refractivity contribution in [2.75, 3.05) is 7.11 Å². The number of benzene rings is 2. The minimum Gasteiger partial charge on any atom is -0.497 e. The van der Waals surface area contributed by atoms with Crippen LogP contribution in [0.3, 0.4) is 0 Å². The molecule has 0 fully saturated rings. The van der Waals surface area contributed by atoms with Crippen molar-refractivity contribution in [3.05, 3.63) is 65.2 Å². The fourth-order valence-corrected chi connectivity index (χ4v) is 2.58. The number of allylic oxidation sites excluding steroid dienone is 1. The molecule has 3 heteroatoms. The molecule has 0 aliphatic heterocycles. The standard InChI is InChI=1S/C18H16O3/c1-12-16-9-8-15(20-2)10-13(16)11-17(12)18(19)21-14-6-4-3-5-7-14/h3-10H,11H2,1-2H3. The van der Waals surface area contributed by atoms with Gasteiger partial charge in [-0.15, -0.1) is 0 Å². The molecule has 2 aromatic carbocycles. The zero-order valence-electron chi connectivity index (χ0n) is 12.1.